The van der Waals surface area contributed by atoms with E-state index in [9.17, 15) is 9.59 Å². The standard InChI is InChI=1S/C28H35N5O6/c1-4-7-26(35)39-27-21(31-19(2)34)8-5-9-22(27)32-28-20-16-25(24(36-3)17-23(20)29-18-30-28)38-13-6-10-33-11-14-37-15-12-33/h5,8-9,16-18H,4,6-7,10-15H2,1-3H3,(H,31,34)(H,29,30,32). The number of nitrogens with zero attached hydrogens (tertiary/aromatic N) is 3. The number of anilines is 3. The first-order valence-corrected chi connectivity index (χ1v) is 13.1. The minimum Gasteiger partial charge on any atom is -0.493 e. The first kappa shape index (κ1) is 28.1. The van der Waals surface area contributed by atoms with Crippen LogP contribution in [0, 0.1) is 0 Å². The third-order valence-electron chi connectivity index (χ3n) is 6.15. The SMILES string of the molecule is CCCC(=O)Oc1c(NC(C)=O)cccc1Nc1ncnc2cc(OC)c(OCCCN3CCOCC3)cc12. The minimum absolute atomic E-state index is 0.214. The van der Waals surface area contributed by atoms with Crippen molar-refractivity contribution in [2.24, 2.45) is 0 Å². The van der Waals surface area contributed by atoms with Crippen LogP contribution < -0.4 is 24.8 Å². The molecule has 2 N–H and O–H groups in total. The third kappa shape index (κ3) is 7.55. The van der Waals surface area contributed by atoms with Gasteiger partial charge in [0.1, 0.15) is 12.1 Å². The van der Waals surface area contributed by atoms with Crippen molar-refractivity contribution in [3.63, 3.8) is 0 Å². The van der Waals surface area contributed by atoms with Crippen LogP contribution >= 0.6 is 0 Å². The number of nitrogens with one attached hydrogen (secondary N) is 2. The molecule has 11 nitrogen and oxygen atoms in total. The molecule has 1 aliphatic heterocycles. The summed E-state index contributed by atoms with van der Waals surface area (Å²) in [6, 6.07) is 8.81. The van der Waals surface area contributed by atoms with Crippen LogP contribution in [0.1, 0.15) is 33.1 Å². The molecule has 2 heterocycles. The Balaban J connectivity index is 1.59. The molecule has 208 valence electrons. The Morgan fingerprint density at radius 2 is 1.90 bits per heavy atom. The van der Waals surface area contributed by atoms with Crippen molar-refractivity contribution in [1.29, 1.82) is 0 Å². The first-order chi connectivity index (χ1) is 19.0. The van der Waals surface area contributed by atoms with Crippen molar-refractivity contribution < 1.29 is 28.5 Å². The lowest BCUT2D eigenvalue weighted by molar-refractivity contribution is -0.134. The van der Waals surface area contributed by atoms with Crippen LogP contribution in [-0.4, -0.2) is 73.3 Å². The number of ether oxygens (including phenoxy) is 4. The normalized spacial score (nSPS) is 13.6. The fourth-order valence-electron chi connectivity index (χ4n) is 4.26. The summed E-state index contributed by atoms with van der Waals surface area (Å²) < 4.78 is 22.8. The second-order valence-corrected chi connectivity index (χ2v) is 9.11. The second-order valence-electron chi connectivity index (χ2n) is 9.11. The molecule has 4 rings (SSSR count). The maximum absolute atomic E-state index is 12.4. The quantitative estimate of drug-likeness (QED) is 0.198. The van der Waals surface area contributed by atoms with E-state index < -0.39 is 5.97 Å². The zero-order valence-corrected chi connectivity index (χ0v) is 22.6. The monoisotopic (exact) mass is 537 g/mol. The topological polar surface area (TPSA) is 124 Å². The van der Waals surface area contributed by atoms with E-state index >= 15 is 0 Å². The number of hydrogen-bond acceptors (Lipinski definition) is 10. The molecule has 39 heavy (non-hydrogen) atoms. The number of para-hydroxylation sites is 1. The number of fused-ring (bicyclic) bond motifs is 1. The van der Waals surface area contributed by atoms with Crippen molar-refractivity contribution >= 4 is 40.0 Å². The number of methoxy groups -OCH3 is 1. The van der Waals surface area contributed by atoms with Crippen LogP contribution in [0.25, 0.3) is 10.9 Å². The predicted molar refractivity (Wildman–Crippen MR) is 148 cm³/mol. The molecular weight excluding hydrogens is 502 g/mol. The van der Waals surface area contributed by atoms with Crippen LogP contribution in [0.2, 0.25) is 0 Å². The molecule has 1 amide bonds. The Morgan fingerprint density at radius 3 is 2.64 bits per heavy atom. The summed E-state index contributed by atoms with van der Waals surface area (Å²) in [5.41, 5.74) is 1.49. The van der Waals surface area contributed by atoms with E-state index in [0.29, 0.717) is 52.6 Å². The second kappa shape index (κ2) is 13.7. The Hall–Kier alpha value is -3.96. The lowest BCUT2D eigenvalue weighted by Gasteiger charge is -2.26. The number of hydrogen-bond donors (Lipinski definition) is 2. The van der Waals surface area contributed by atoms with E-state index in [1.54, 1.807) is 31.4 Å². The zero-order chi connectivity index (χ0) is 27.6. The van der Waals surface area contributed by atoms with Gasteiger partial charge in [-0.15, -0.1) is 0 Å². The molecule has 0 spiro atoms. The van der Waals surface area contributed by atoms with Gasteiger partial charge >= 0.3 is 5.97 Å². The van der Waals surface area contributed by atoms with Crippen molar-refractivity contribution in [2.45, 2.75) is 33.1 Å². The summed E-state index contributed by atoms with van der Waals surface area (Å²) in [6.45, 7) is 8.14. The highest BCUT2D eigenvalue weighted by Crippen LogP contribution is 2.39. The molecule has 1 aromatic heterocycles. The summed E-state index contributed by atoms with van der Waals surface area (Å²) in [5.74, 6) is 1.16. The number of esters is 1. The molecule has 3 aromatic rings. The third-order valence-corrected chi connectivity index (χ3v) is 6.15. The Bertz CT molecular complexity index is 1290. The van der Waals surface area contributed by atoms with Gasteiger partial charge in [0.15, 0.2) is 17.2 Å². The number of carbonyl (C=O) groups is 2. The number of morpholine rings is 1. The van der Waals surface area contributed by atoms with Gasteiger partial charge in [-0.1, -0.05) is 13.0 Å². The molecule has 0 atom stereocenters. The van der Waals surface area contributed by atoms with Gasteiger partial charge in [0.2, 0.25) is 5.91 Å². The molecule has 0 aliphatic carbocycles. The van der Waals surface area contributed by atoms with Crippen LogP contribution in [0.5, 0.6) is 17.2 Å². The predicted octanol–water partition coefficient (Wildman–Crippen LogP) is 4.15. The molecule has 0 radical (unpaired) electrons. The lowest BCUT2D eigenvalue weighted by atomic mass is 10.2. The number of benzene rings is 2. The van der Waals surface area contributed by atoms with Crippen molar-refractivity contribution in [3.8, 4) is 17.2 Å². The smallest absolute Gasteiger partial charge is 0.311 e. The van der Waals surface area contributed by atoms with Gasteiger partial charge in [0.05, 0.1) is 43.8 Å². The average molecular weight is 538 g/mol. The maximum atomic E-state index is 12.4. The summed E-state index contributed by atoms with van der Waals surface area (Å²) in [4.78, 5) is 35.4. The molecule has 0 bridgehead atoms. The number of aromatic nitrogens is 2. The van der Waals surface area contributed by atoms with Gasteiger partial charge in [-0.05, 0) is 31.0 Å². The van der Waals surface area contributed by atoms with Gasteiger partial charge in [-0.2, -0.15) is 0 Å². The Labute approximate surface area is 227 Å². The fourth-order valence-corrected chi connectivity index (χ4v) is 4.26. The molecular formula is C28H35N5O6. The molecule has 11 heteroatoms. The molecule has 1 aliphatic rings. The lowest BCUT2D eigenvalue weighted by Crippen LogP contribution is -2.37. The first-order valence-electron chi connectivity index (χ1n) is 13.1. The van der Waals surface area contributed by atoms with E-state index in [1.807, 2.05) is 13.0 Å². The van der Waals surface area contributed by atoms with E-state index in [4.69, 9.17) is 18.9 Å². The Kier molecular flexibility index (Phi) is 9.87. The van der Waals surface area contributed by atoms with Gasteiger partial charge in [0.25, 0.3) is 0 Å². The number of amides is 1. The fraction of sp³-hybridized carbons (Fsp3) is 0.429. The molecule has 2 aromatic carbocycles. The van der Waals surface area contributed by atoms with Crippen LogP contribution in [-0.2, 0) is 14.3 Å². The Morgan fingerprint density at radius 1 is 1.10 bits per heavy atom. The average Bonchev–Trinajstić information content (AvgIpc) is 2.93. The van der Waals surface area contributed by atoms with E-state index in [1.165, 1.54) is 13.3 Å². The van der Waals surface area contributed by atoms with Crippen molar-refractivity contribution in [2.75, 3.05) is 57.2 Å². The zero-order valence-electron chi connectivity index (χ0n) is 22.6. The van der Waals surface area contributed by atoms with Crippen LogP contribution in [0.4, 0.5) is 17.2 Å². The summed E-state index contributed by atoms with van der Waals surface area (Å²) >= 11 is 0. The molecule has 1 fully saturated rings. The van der Waals surface area contributed by atoms with Gasteiger partial charge in [0, 0.05) is 44.4 Å². The van der Waals surface area contributed by atoms with Gasteiger partial charge < -0.3 is 29.6 Å². The van der Waals surface area contributed by atoms with Crippen LogP contribution in [0.3, 0.4) is 0 Å². The summed E-state index contributed by atoms with van der Waals surface area (Å²) in [7, 11) is 1.59. The van der Waals surface area contributed by atoms with Gasteiger partial charge in [-0.25, -0.2) is 9.97 Å². The molecule has 0 saturated carbocycles. The highest BCUT2D eigenvalue weighted by Gasteiger charge is 2.18. The highest BCUT2D eigenvalue weighted by molar-refractivity contribution is 5.96. The van der Waals surface area contributed by atoms with Gasteiger partial charge in [-0.3, -0.25) is 14.5 Å². The van der Waals surface area contributed by atoms with E-state index in [0.717, 1.165) is 39.3 Å². The highest BCUT2D eigenvalue weighted by atomic mass is 16.5. The maximum Gasteiger partial charge on any atom is 0.311 e. The van der Waals surface area contributed by atoms with E-state index in [-0.39, 0.29) is 18.1 Å². The summed E-state index contributed by atoms with van der Waals surface area (Å²) in [6.07, 6.45) is 3.18. The largest absolute Gasteiger partial charge is 0.493 e. The van der Waals surface area contributed by atoms with E-state index in [2.05, 4.69) is 25.5 Å². The van der Waals surface area contributed by atoms with Crippen molar-refractivity contribution in [1.82, 2.24) is 14.9 Å². The minimum atomic E-state index is -0.400. The molecule has 1 saturated heterocycles. The number of rotatable bonds is 12. The van der Waals surface area contributed by atoms with Crippen molar-refractivity contribution in [3.05, 3.63) is 36.7 Å². The summed E-state index contributed by atoms with van der Waals surface area (Å²) in [5, 5.41) is 6.67. The molecule has 0 unspecified atom stereocenters. The van der Waals surface area contributed by atoms with Crippen LogP contribution in [0.15, 0.2) is 36.7 Å². The number of carbonyl (C=O) groups excluding carboxylic acids is 2.